The zero-order chi connectivity index (χ0) is 13.8. The molecular weight excluding hydrogens is 247 g/mol. The lowest BCUT2D eigenvalue weighted by Crippen LogP contribution is -2.15. The maximum absolute atomic E-state index is 13.4. The fourth-order valence-corrected chi connectivity index (χ4v) is 1.59. The summed E-state index contributed by atoms with van der Waals surface area (Å²) in [7, 11) is 0. The Morgan fingerprint density at radius 2 is 1.79 bits per heavy atom. The maximum atomic E-state index is 13.4. The van der Waals surface area contributed by atoms with Gasteiger partial charge in [-0.1, -0.05) is 18.2 Å². The van der Waals surface area contributed by atoms with Gasteiger partial charge in [-0.2, -0.15) is 0 Å². The van der Waals surface area contributed by atoms with Gasteiger partial charge in [-0.15, -0.1) is 0 Å². The molecule has 0 unspecified atom stereocenters. The number of rotatable bonds is 3. The number of benzene rings is 2. The first-order valence-corrected chi connectivity index (χ1v) is 5.53. The van der Waals surface area contributed by atoms with E-state index in [4.69, 9.17) is 5.73 Å². The van der Waals surface area contributed by atoms with E-state index in [1.165, 1.54) is 30.3 Å². The average molecular weight is 258 g/mol. The van der Waals surface area contributed by atoms with Crippen LogP contribution in [0.25, 0.3) is 0 Å². The molecule has 96 valence electrons. The van der Waals surface area contributed by atoms with E-state index in [1.54, 1.807) is 18.2 Å². The van der Waals surface area contributed by atoms with Crippen molar-refractivity contribution in [3.8, 4) is 0 Å². The van der Waals surface area contributed by atoms with Gasteiger partial charge in [-0.3, -0.25) is 9.59 Å². The van der Waals surface area contributed by atoms with E-state index in [1.807, 2.05) is 0 Å². The van der Waals surface area contributed by atoms with Crippen LogP contribution < -0.4 is 11.1 Å². The van der Waals surface area contributed by atoms with E-state index in [9.17, 15) is 14.0 Å². The van der Waals surface area contributed by atoms with E-state index in [2.05, 4.69) is 5.32 Å². The molecule has 0 aromatic heterocycles. The van der Waals surface area contributed by atoms with Crippen molar-refractivity contribution < 1.29 is 14.0 Å². The van der Waals surface area contributed by atoms with Crippen molar-refractivity contribution in [1.29, 1.82) is 0 Å². The first-order chi connectivity index (χ1) is 9.08. The Kier molecular flexibility index (Phi) is 3.56. The molecule has 0 saturated carbocycles. The van der Waals surface area contributed by atoms with Gasteiger partial charge in [0.1, 0.15) is 5.82 Å². The van der Waals surface area contributed by atoms with Crippen LogP contribution in [0.2, 0.25) is 0 Å². The summed E-state index contributed by atoms with van der Waals surface area (Å²) in [5.74, 6) is -1.78. The van der Waals surface area contributed by atoms with Crippen molar-refractivity contribution in [2.45, 2.75) is 0 Å². The molecule has 0 saturated heterocycles. The molecule has 3 N–H and O–H groups in total. The second kappa shape index (κ2) is 5.30. The topological polar surface area (TPSA) is 72.2 Å². The quantitative estimate of drug-likeness (QED) is 0.885. The predicted molar refractivity (Wildman–Crippen MR) is 69.3 cm³/mol. The molecule has 0 bridgehead atoms. The lowest BCUT2D eigenvalue weighted by Gasteiger charge is -2.06. The van der Waals surface area contributed by atoms with Gasteiger partial charge in [0.05, 0.1) is 5.56 Å². The third kappa shape index (κ3) is 2.95. The molecule has 2 amide bonds. The van der Waals surface area contributed by atoms with E-state index in [0.29, 0.717) is 5.69 Å². The molecule has 0 radical (unpaired) electrons. The largest absolute Gasteiger partial charge is 0.366 e. The number of carbonyl (C=O) groups is 2. The molecule has 0 aliphatic carbocycles. The Hall–Kier alpha value is -2.69. The first kappa shape index (κ1) is 12.8. The molecule has 0 fully saturated rings. The molecular formula is C14H11FN2O2. The molecule has 5 heteroatoms. The van der Waals surface area contributed by atoms with Crippen molar-refractivity contribution in [2.24, 2.45) is 5.73 Å². The van der Waals surface area contributed by atoms with E-state index in [-0.39, 0.29) is 11.1 Å². The molecule has 0 spiro atoms. The summed E-state index contributed by atoms with van der Waals surface area (Å²) in [6.45, 7) is 0. The first-order valence-electron chi connectivity index (χ1n) is 5.53. The molecule has 0 aliphatic rings. The van der Waals surface area contributed by atoms with Crippen LogP contribution in [0.5, 0.6) is 0 Å². The summed E-state index contributed by atoms with van der Waals surface area (Å²) in [6.07, 6.45) is 0. The third-order valence-electron chi connectivity index (χ3n) is 2.52. The van der Waals surface area contributed by atoms with Crippen LogP contribution in [0, 0.1) is 5.82 Å². The smallest absolute Gasteiger partial charge is 0.258 e. The molecule has 0 aliphatic heterocycles. The van der Waals surface area contributed by atoms with Crippen LogP contribution >= 0.6 is 0 Å². The van der Waals surface area contributed by atoms with Crippen molar-refractivity contribution in [1.82, 2.24) is 0 Å². The van der Waals surface area contributed by atoms with Crippen molar-refractivity contribution in [3.63, 3.8) is 0 Å². The minimum absolute atomic E-state index is 0.0630. The van der Waals surface area contributed by atoms with E-state index >= 15 is 0 Å². The predicted octanol–water partition coefficient (Wildman–Crippen LogP) is 2.18. The van der Waals surface area contributed by atoms with E-state index < -0.39 is 17.6 Å². The Bertz CT molecular complexity index is 641. The summed E-state index contributed by atoms with van der Waals surface area (Å²) >= 11 is 0. The zero-order valence-corrected chi connectivity index (χ0v) is 9.89. The van der Waals surface area contributed by atoms with Gasteiger partial charge in [0.15, 0.2) is 0 Å². The number of primary amides is 1. The van der Waals surface area contributed by atoms with Crippen LogP contribution in [0.3, 0.4) is 0 Å². The number of carbonyl (C=O) groups excluding carboxylic acids is 2. The molecule has 2 aromatic rings. The molecule has 2 aromatic carbocycles. The van der Waals surface area contributed by atoms with Crippen LogP contribution in [0.4, 0.5) is 10.1 Å². The normalized spacial score (nSPS) is 9.95. The van der Waals surface area contributed by atoms with Crippen molar-refractivity contribution in [3.05, 3.63) is 65.5 Å². The fourth-order valence-electron chi connectivity index (χ4n) is 1.59. The summed E-state index contributed by atoms with van der Waals surface area (Å²) < 4.78 is 13.4. The Morgan fingerprint density at radius 1 is 1.05 bits per heavy atom. The Balaban J connectivity index is 2.22. The van der Waals surface area contributed by atoms with Crippen LogP contribution in [-0.2, 0) is 0 Å². The van der Waals surface area contributed by atoms with Crippen LogP contribution in [0.1, 0.15) is 20.7 Å². The summed E-state index contributed by atoms with van der Waals surface area (Å²) in [4.78, 5) is 22.9. The summed E-state index contributed by atoms with van der Waals surface area (Å²) in [5.41, 5.74) is 5.72. The second-order valence-corrected chi connectivity index (χ2v) is 3.88. The number of anilines is 1. The molecule has 19 heavy (non-hydrogen) atoms. The van der Waals surface area contributed by atoms with Gasteiger partial charge in [-0.25, -0.2) is 4.39 Å². The zero-order valence-electron chi connectivity index (χ0n) is 9.89. The van der Waals surface area contributed by atoms with Gasteiger partial charge in [0.2, 0.25) is 5.91 Å². The van der Waals surface area contributed by atoms with Gasteiger partial charge < -0.3 is 11.1 Å². The SMILES string of the molecule is NC(=O)c1cccc(NC(=O)c2ccccc2F)c1. The van der Waals surface area contributed by atoms with Crippen LogP contribution in [-0.4, -0.2) is 11.8 Å². The summed E-state index contributed by atoms with van der Waals surface area (Å²) in [5, 5.41) is 2.51. The highest BCUT2D eigenvalue weighted by molar-refractivity contribution is 6.05. The van der Waals surface area contributed by atoms with Crippen molar-refractivity contribution in [2.75, 3.05) is 5.32 Å². The highest BCUT2D eigenvalue weighted by Crippen LogP contribution is 2.13. The Morgan fingerprint density at radius 3 is 2.47 bits per heavy atom. The number of halogens is 1. The number of hydrogen-bond acceptors (Lipinski definition) is 2. The van der Waals surface area contributed by atoms with Crippen LogP contribution in [0.15, 0.2) is 48.5 Å². The number of hydrogen-bond donors (Lipinski definition) is 2. The van der Waals surface area contributed by atoms with Crippen molar-refractivity contribution >= 4 is 17.5 Å². The molecule has 4 nitrogen and oxygen atoms in total. The number of nitrogens with one attached hydrogen (secondary N) is 1. The number of amides is 2. The second-order valence-electron chi connectivity index (χ2n) is 3.88. The third-order valence-corrected chi connectivity index (χ3v) is 2.52. The summed E-state index contributed by atoms with van der Waals surface area (Å²) in [6, 6.07) is 11.8. The standard InChI is InChI=1S/C14H11FN2O2/c15-12-7-2-1-6-11(12)14(19)17-10-5-3-4-9(8-10)13(16)18/h1-8H,(H2,16,18)(H,17,19). The lowest BCUT2D eigenvalue weighted by atomic mass is 10.1. The molecule has 0 heterocycles. The molecule has 0 atom stereocenters. The molecule has 2 rings (SSSR count). The lowest BCUT2D eigenvalue weighted by molar-refractivity contribution is 0.0995. The minimum Gasteiger partial charge on any atom is -0.366 e. The minimum atomic E-state index is -0.606. The van der Waals surface area contributed by atoms with Gasteiger partial charge in [0.25, 0.3) is 5.91 Å². The number of nitrogens with two attached hydrogens (primary N) is 1. The Labute approximate surface area is 109 Å². The monoisotopic (exact) mass is 258 g/mol. The van der Waals surface area contributed by atoms with E-state index in [0.717, 1.165) is 0 Å². The average Bonchev–Trinajstić information content (AvgIpc) is 2.39. The fraction of sp³-hybridized carbons (Fsp3) is 0. The van der Waals surface area contributed by atoms with Gasteiger partial charge in [-0.05, 0) is 30.3 Å². The highest BCUT2D eigenvalue weighted by Gasteiger charge is 2.11. The highest BCUT2D eigenvalue weighted by atomic mass is 19.1. The van der Waals surface area contributed by atoms with Gasteiger partial charge >= 0.3 is 0 Å². The maximum Gasteiger partial charge on any atom is 0.258 e. The van der Waals surface area contributed by atoms with Gasteiger partial charge in [0, 0.05) is 11.3 Å².